The number of halogens is 2. The van der Waals surface area contributed by atoms with Crippen LogP contribution in [0.5, 0.6) is 0 Å². The molecule has 0 aliphatic rings. The summed E-state index contributed by atoms with van der Waals surface area (Å²) in [6.45, 7) is 0.713. The second kappa shape index (κ2) is 15.2. The maximum Gasteiger partial charge on any atom is 0.337 e. The summed E-state index contributed by atoms with van der Waals surface area (Å²) in [5, 5.41) is 4.19. The van der Waals surface area contributed by atoms with Crippen LogP contribution in [0, 0.1) is 0 Å². The number of carbonyl (C=O) groups is 2. The van der Waals surface area contributed by atoms with E-state index in [4.69, 9.17) is 23.2 Å². The zero-order chi connectivity index (χ0) is 30.7. The molecule has 0 aliphatic carbocycles. The van der Waals surface area contributed by atoms with Crippen molar-refractivity contribution in [3.63, 3.8) is 0 Å². The molecule has 2 aromatic carbocycles. The van der Waals surface area contributed by atoms with E-state index in [0.717, 1.165) is 21.9 Å². The second-order valence-electron chi connectivity index (χ2n) is 8.70. The summed E-state index contributed by atoms with van der Waals surface area (Å²) in [7, 11) is -0.859. The Bertz CT molecular complexity index is 1580. The van der Waals surface area contributed by atoms with Gasteiger partial charge in [0.05, 0.1) is 48.2 Å². The van der Waals surface area contributed by atoms with Gasteiger partial charge in [-0.3, -0.25) is 0 Å². The molecule has 42 heavy (non-hydrogen) atoms. The Balaban J connectivity index is 0.000000235. The van der Waals surface area contributed by atoms with E-state index in [2.05, 4.69) is 24.8 Å². The van der Waals surface area contributed by atoms with Crippen molar-refractivity contribution in [3.8, 4) is 0 Å². The molecule has 0 saturated carbocycles. The minimum atomic E-state index is -3.52. The van der Waals surface area contributed by atoms with Gasteiger partial charge in [0, 0.05) is 18.9 Å². The van der Waals surface area contributed by atoms with Crippen LogP contribution >= 0.6 is 23.2 Å². The third-order valence-corrected chi connectivity index (χ3v) is 7.21. The molecule has 0 saturated heterocycles. The number of benzene rings is 2. The molecule has 2 heterocycles. The first-order valence-corrected chi connectivity index (χ1v) is 14.9. The number of ether oxygens (including phenoxy) is 2. The van der Waals surface area contributed by atoms with Crippen molar-refractivity contribution >= 4 is 56.8 Å². The maximum atomic E-state index is 12.0. The summed E-state index contributed by atoms with van der Waals surface area (Å²) in [5.41, 5.74) is 2.69. The average Bonchev–Trinajstić information content (AvgIpc) is 2.99. The van der Waals surface area contributed by atoms with Crippen molar-refractivity contribution in [3.05, 3.63) is 117 Å². The zero-order valence-corrected chi connectivity index (χ0v) is 25.3. The number of hydrogen-bond donors (Lipinski definition) is 1. The second-order valence-corrected chi connectivity index (χ2v) is 11.5. The number of methoxy groups -OCH3 is 2. The number of carbonyl (C=O) groups excluding carboxylic acids is 2. The Hall–Kier alpha value is -4.19. The third kappa shape index (κ3) is 9.72. The Morgan fingerprint density at radius 2 is 1.26 bits per heavy atom. The van der Waals surface area contributed by atoms with Crippen LogP contribution in [0.1, 0.15) is 31.8 Å². The first-order chi connectivity index (χ1) is 20.0. The molecule has 13 heteroatoms. The molecule has 220 valence electrons. The van der Waals surface area contributed by atoms with Crippen molar-refractivity contribution in [1.82, 2.24) is 9.97 Å². The number of aromatic nitrogens is 2. The van der Waals surface area contributed by atoms with Crippen molar-refractivity contribution in [1.29, 1.82) is 0 Å². The van der Waals surface area contributed by atoms with Crippen LogP contribution in [0.3, 0.4) is 0 Å². The quantitative estimate of drug-likeness (QED) is 0.234. The highest BCUT2D eigenvalue weighted by Gasteiger charge is 2.19. The standard InChI is InChI=1S/C15H15ClN2O4S.C14H13ClN2O2/c1-22-15(19)12-5-3-11(4-6-12)10-18(23(2,20)21)14-8-7-13(16)9-17-14;1-19-14(18)11-4-2-10(3-5-11)8-16-13-7-6-12(15)9-17-13/h3-9H,10H2,1-2H3;2-7,9H,8H2,1H3,(H,16,17). The maximum absolute atomic E-state index is 12.0. The van der Waals surface area contributed by atoms with Gasteiger partial charge in [-0.05, 0) is 59.7 Å². The third-order valence-electron chi connectivity index (χ3n) is 5.64. The Kier molecular flexibility index (Phi) is 11.7. The summed E-state index contributed by atoms with van der Waals surface area (Å²) in [6.07, 6.45) is 4.08. The number of sulfonamides is 1. The average molecular weight is 632 g/mol. The van der Waals surface area contributed by atoms with Gasteiger partial charge in [-0.15, -0.1) is 0 Å². The van der Waals surface area contributed by atoms with E-state index in [1.807, 2.05) is 18.2 Å². The minimum Gasteiger partial charge on any atom is -0.465 e. The summed E-state index contributed by atoms with van der Waals surface area (Å²) in [4.78, 5) is 30.9. The Morgan fingerprint density at radius 3 is 1.69 bits per heavy atom. The predicted octanol–water partition coefficient (Wildman–Crippen LogP) is 5.62. The normalized spacial score (nSPS) is 10.6. The smallest absolute Gasteiger partial charge is 0.337 e. The topological polar surface area (TPSA) is 128 Å². The number of esters is 2. The van der Waals surface area contributed by atoms with E-state index in [1.165, 1.54) is 26.5 Å². The fraction of sp³-hybridized carbons (Fsp3) is 0.172. The molecule has 4 rings (SSSR count). The molecular weight excluding hydrogens is 603 g/mol. The van der Waals surface area contributed by atoms with Crippen LogP contribution in [-0.2, 0) is 32.6 Å². The Labute approximate surface area is 254 Å². The summed E-state index contributed by atoms with van der Waals surface area (Å²) in [5.74, 6) is 0.241. The van der Waals surface area contributed by atoms with Gasteiger partial charge in [0.1, 0.15) is 11.6 Å². The molecule has 1 N–H and O–H groups in total. The van der Waals surface area contributed by atoms with Crippen LogP contribution in [-0.4, -0.2) is 50.8 Å². The number of nitrogens with zero attached hydrogens (tertiary/aromatic N) is 3. The number of rotatable bonds is 9. The lowest BCUT2D eigenvalue weighted by atomic mass is 10.1. The molecular formula is C29H28Cl2N4O6S. The number of pyridine rings is 2. The zero-order valence-electron chi connectivity index (χ0n) is 23.0. The molecule has 0 bridgehead atoms. The van der Waals surface area contributed by atoms with E-state index in [1.54, 1.807) is 54.7 Å². The number of hydrogen-bond acceptors (Lipinski definition) is 9. The predicted molar refractivity (Wildman–Crippen MR) is 162 cm³/mol. The lowest BCUT2D eigenvalue weighted by Gasteiger charge is -2.21. The molecule has 0 radical (unpaired) electrons. The van der Waals surface area contributed by atoms with Gasteiger partial charge in [-0.2, -0.15) is 0 Å². The van der Waals surface area contributed by atoms with Crippen molar-refractivity contribution < 1.29 is 27.5 Å². The lowest BCUT2D eigenvalue weighted by molar-refractivity contribution is 0.0592. The van der Waals surface area contributed by atoms with Crippen molar-refractivity contribution in [2.45, 2.75) is 13.1 Å². The fourth-order valence-corrected chi connectivity index (χ4v) is 4.52. The lowest BCUT2D eigenvalue weighted by Crippen LogP contribution is -2.30. The number of nitrogens with one attached hydrogen (secondary N) is 1. The number of anilines is 2. The van der Waals surface area contributed by atoms with E-state index in [9.17, 15) is 18.0 Å². The fourth-order valence-electron chi connectivity index (χ4n) is 3.46. The largest absolute Gasteiger partial charge is 0.465 e. The van der Waals surface area contributed by atoms with Gasteiger partial charge in [0.2, 0.25) is 10.0 Å². The first-order valence-electron chi connectivity index (χ1n) is 12.3. The molecule has 0 spiro atoms. The molecule has 0 aliphatic heterocycles. The molecule has 2 aromatic heterocycles. The highest BCUT2D eigenvalue weighted by molar-refractivity contribution is 7.92. The molecule has 10 nitrogen and oxygen atoms in total. The van der Waals surface area contributed by atoms with Gasteiger partial charge in [0.25, 0.3) is 0 Å². The van der Waals surface area contributed by atoms with Gasteiger partial charge in [-0.1, -0.05) is 47.5 Å². The molecule has 0 unspecified atom stereocenters. The minimum absolute atomic E-state index is 0.0922. The SMILES string of the molecule is COC(=O)c1ccc(CN(c2ccc(Cl)cn2)S(C)(=O)=O)cc1.COC(=O)c1ccc(CNc2ccc(Cl)cn2)cc1. The van der Waals surface area contributed by atoms with Crippen LogP contribution in [0.2, 0.25) is 10.0 Å². The van der Waals surface area contributed by atoms with Crippen molar-refractivity contribution in [2.75, 3.05) is 30.1 Å². The van der Waals surface area contributed by atoms with E-state index >= 15 is 0 Å². The summed E-state index contributed by atoms with van der Waals surface area (Å²) >= 11 is 11.5. The monoisotopic (exact) mass is 630 g/mol. The van der Waals surface area contributed by atoms with Crippen LogP contribution in [0.4, 0.5) is 11.6 Å². The van der Waals surface area contributed by atoms with E-state index in [0.29, 0.717) is 33.3 Å². The van der Waals surface area contributed by atoms with E-state index in [-0.39, 0.29) is 18.3 Å². The van der Waals surface area contributed by atoms with Crippen LogP contribution < -0.4 is 9.62 Å². The first kappa shape index (κ1) is 32.3. The van der Waals surface area contributed by atoms with Gasteiger partial charge in [0.15, 0.2) is 0 Å². The van der Waals surface area contributed by atoms with Crippen LogP contribution in [0.25, 0.3) is 0 Å². The van der Waals surface area contributed by atoms with Gasteiger partial charge in [-0.25, -0.2) is 32.3 Å². The summed E-state index contributed by atoms with van der Waals surface area (Å²) < 4.78 is 34.5. The molecule has 0 atom stereocenters. The molecule has 0 amide bonds. The highest BCUT2D eigenvalue weighted by Crippen LogP contribution is 2.20. The van der Waals surface area contributed by atoms with E-state index < -0.39 is 16.0 Å². The van der Waals surface area contributed by atoms with Gasteiger partial charge >= 0.3 is 11.9 Å². The molecule has 4 aromatic rings. The Morgan fingerprint density at radius 1 is 0.762 bits per heavy atom. The van der Waals surface area contributed by atoms with Gasteiger partial charge < -0.3 is 14.8 Å². The molecule has 0 fully saturated rings. The van der Waals surface area contributed by atoms with Crippen LogP contribution in [0.15, 0.2) is 85.2 Å². The van der Waals surface area contributed by atoms with Crippen molar-refractivity contribution in [2.24, 2.45) is 0 Å². The summed E-state index contributed by atoms with van der Waals surface area (Å²) in [6, 6.07) is 20.4. The highest BCUT2D eigenvalue weighted by atomic mass is 35.5.